The summed E-state index contributed by atoms with van der Waals surface area (Å²) < 4.78 is 22.9. The maximum atomic E-state index is 13.0. The maximum Gasteiger partial charge on any atom is 0.255 e. The molecule has 36 heavy (non-hydrogen) atoms. The Balaban J connectivity index is 1.18. The summed E-state index contributed by atoms with van der Waals surface area (Å²) in [6.07, 6.45) is 4.01. The van der Waals surface area contributed by atoms with Crippen LogP contribution in [0.25, 0.3) is 0 Å². The van der Waals surface area contributed by atoms with Gasteiger partial charge in [-0.3, -0.25) is 9.69 Å². The van der Waals surface area contributed by atoms with E-state index in [4.69, 9.17) is 10.9 Å². The van der Waals surface area contributed by atoms with Crippen LogP contribution in [0.3, 0.4) is 0 Å². The molecule has 1 aromatic carbocycles. The molecule has 10 nitrogen and oxygen atoms in total. The van der Waals surface area contributed by atoms with Gasteiger partial charge in [-0.05, 0) is 42.5 Å². The molecule has 1 saturated heterocycles. The number of hydrogen-bond acceptors (Lipinski definition) is 8. The monoisotopic (exact) mass is 503 g/mol. The van der Waals surface area contributed by atoms with Gasteiger partial charge < -0.3 is 16.0 Å². The number of primary sulfonamides is 1. The lowest BCUT2D eigenvalue weighted by atomic mass is 10.1. The summed E-state index contributed by atoms with van der Waals surface area (Å²) in [6, 6.07) is 11.9. The third-order valence-electron chi connectivity index (χ3n) is 6.36. The summed E-state index contributed by atoms with van der Waals surface area (Å²) in [5.41, 5.74) is 9.87. The van der Waals surface area contributed by atoms with Gasteiger partial charge in [-0.2, -0.15) is 0 Å². The molecule has 5 rings (SSSR count). The number of piperazine rings is 1. The number of nitrogens with two attached hydrogens (primary N) is 2. The average Bonchev–Trinajstić information content (AvgIpc) is 3.33. The lowest BCUT2D eigenvalue weighted by Gasteiger charge is -2.38. The van der Waals surface area contributed by atoms with Gasteiger partial charge in [-0.1, -0.05) is 11.8 Å². The van der Waals surface area contributed by atoms with E-state index in [1.165, 1.54) is 12.3 Å². The number of carbonyl (C=O) groups is 1. The van der Waals surface area contributed by atoms with Gasteiger partial charge in [0.2, 0.25) is 0 Å². The highest BCUT2D eigenvalue weighted by atomic mass is 32.2. The number of hydrogen-bond donors (Lipinski definition) is 3. The molecule has 5 N–H and O–H groups in total. The van der Waals surface area contributed by atoms with Gasteiger partial charge in [0, 0.05) is 72.9 Å². The predicted octanol–water partition coefficient (Wildman–Crippen LogP) is 0.858. The molecule has 0 radical (unpaired) electrons. The maximum absolute atomic E-state index is 13.0. The lowest BCUT2D eigenvalue weighted by Crippen LogP contribution is -2.53. The average molecular weight is 504 g/mol. The number of rotatable bonds is 3. The smallest absolute Gasteiger partial charge is 0.255 e. The van der Waals surface area contributed by atoms with Crippen LogP contribution in [0, 0.1) is 11.8 Å². The van der Waals surface area contributed by atoms with E-state index in [2.05, 4.69) is 32.0 Å². The molecule has 1 atom stereocenters. The highest BCUT2D eigenvalue weighted by molar-refractivity contribution is 7.89. The summed E-state index contributed by atoms with van der Waals surface area (Å²) in [4.78, 5) is 25.1. The number of aromatic nitrogens is 2. The first-order chi connectivity index (χ1) is 17.3. The van der Waals surface area contributed by atoms with Gasteiger partial charge in [-0.25, -0.2) is 23.5 Å². The fourth-order valence-electron chi connectivity index (χ4n) is 4.41. The number of benzene rings is 1. The van der Waals surface area contributed by atoms with Crippen LogP contribution >= 0.6 is 0 Å². The van der Waals surface area contributed by atoms with Gasteiger partial charge in [-0.15, -0.1) is 0 Å². The van der Waals surface area contributed by atoms with E-state index in [1.807, 2.05) is 11.0 Å². The summed E-state index contributed by atoms with van der Waals surface area (Å²) in [7, 11) is -3.89. The van der Waals surface area contributed by atoms with Crippen LogP contribution < -0.4 is 16.2 Å². The van der Waals surface area contributed by atoms with Crippen molar-refractivity contribution in [1.82, 2.24) is 19.8 Å². The van der Waals surface area contributed by atoms with Crippen molar-refractivity contribution in [3.63, 3.8) is 0 Å². The number of nitrogen functional groups attached to an aromatic ring is 1. The molecule has 1 unspecified atom stereocenters. The normalized spacial score (nSPS) is 17.6. The summed E-state index contributed by atoms with van der Waals surface area (Å²) >= 11 is 0. The van der Waals surface area contributed by atoms with Crippen LogP contribution in [-0.2, 0) is 16.4 Å². The van der Waals surface area contributed by atoms with E-state index in [0.29, 0.717) is 35.6 Å². The molecule has 0 aliphatic carbocycles. The fraction of sp³-hybridized carbons (Fsp3) is 0.240. The first-order valence-corrected chi connectivity index (χ1v) is 13.0. The van der Waals surface area contributed by atoms with Crippen molar-refractivity contribution in [2.45, 2.75) is 17.6 Å². The number of pyridine rings is 2. The zero-order valence-electron chi connectivity index (χ0n) is 19.4. The molecule has 0 saturated carbocycles. The molecular formula is C25H25N7O3S. The van der Waals surface area contributed by atoms with Crippen LogP contribution in [0.15, 0.2) is 59.9 Å². The second-order valence-electron chi connectivity index (χ2n) is 8.67. The third-order valence-corrected chi connectivity index (χ3v) is 7.17. The molecule has 0 bridgehead atoms. The highest BCUT2D eigenvalue weighted by Gasteiger charge is 2.31. The molecule has 4 heterocycles. The molecule has 3 aromatic rings. The molecule has 11 heteroatoms. The number of sulfonamides is 1. The highest BCUT2D eigenvalue weighted by Crippen LogP contribution is 2.30. The number of amides is 1. The van der Waals surface area contributed by atoms with E-state index in [1.54, 1.807) is 36.5 Å². The number of nitrogens with zero attached hydrogens (tertiary/aromatic N) is 4. The van der Waals surface area contributed by atoms with Crippen molar-refractivity contribution in [3.8, 4) is 11.8 Å². The minimum Gasteiger partial charge on any atom is -0.383 e. The van der Waals surface area contributed by atoms with Crippen LogP contribution in [0.1, 0.15) is 27.0 Å². The van der Waals surface area contributed by atoms with Gasteiger partial charge in [0.05, 0.1) is 6.17 Å². The second kappa shape index (κ2) is 9.58. The zero-order valence-corrected chi connectivity index (χ0v) is 20.2. The topological polar surface area (TPSA) is 148 Å². The van der Waals surface area contributed by atoms with E-state index in [0.717, 1.165) is 30.8 Å². The summed E-state index contributed by atoms with van der Waals surface area (Å²) in [5.74, 6) is 6.42. The molecule has 0 spiro atoms. The van der Waals surface area contributed by atoms with Crippen molar-refractivity contribution in [3.05, 3.63) is 77.1 Å². The van der Waals surface area contributed by atoms with Crippen molar-refractivity contribution >= 4 is 27.4 Å². The first-order valence-electron chi connectivity index (χ1n) is 11.4. The third kappa shape index (κ3) is 5.01. The number of nitrogens with one attached hydrogen (secondary N) is 1. The van der Waals surface area contributed by atoms with Gasteiger partial charge in [0.25, 0.3) is 15.9 Å². The zero-order chi connectivity index (χ0) is 25.3. The molecule has 1 fully saturated rings. The van der Waals surface area contributed by atoms with Crippen molar-refractivity contribution in [2.24, 2.45) is 5.14 Å². The minimum absolute atomic E-state index is 0.0165. The largest absolute Gasteiger partial charge is 0.383 e. The Morgan fingerprint density at radius 1 is 0.972 bits per heavy atom. The van der Waals surface area contributed by atoms with E-state index in [9.17, 15) is 13.2 Å². The summed E-state index contributed by atoms with van der Waals surface area (Å²) in [6.45, 7) is 2.80. The van der Waals surface area contributed by atoms with Crippen molar-refractivity contribution in [2.75, 3.05) is 37.2 Å². The summed E-state index contributed by atoms with van der Waals surface area (Å²) in [5, 5.41) is 8.39. The molecule has 1 amide bonds. The lowest BCUT2D eigenvalue weighted by molar-refractivity contribution is 0.0594. The molecule has 2 aliphatic rings. The Morgan fingerprint density at radius 3 is 2.36 bits per heavy atom. The van der Waals surface area contributed by atoms with Gasteiger partial charge >= 0.3 is 0 Å². The quantitative estimate of drug-likeness (QED) is 0.446. The van der Waals surface area contributed by atoms with E-state index < -0.39 is 10.0 Å². The fourth-order valence-corrected chi connectivity index (χ4v) is 4.90. The Labute approximate surface area is 209 Å². The van der Waals surface area contributed by atoms with E-state index in [-0.39, 0.29) is 17.1 Å². The molecule has 2 aromatic heterocycles. The molecule has 2 aliphatic heterocycles. The van der Waals surface area contributed by atoms with Crippen LogP contribution in [0.5, 0.6) is 0 Å². The number of carbonyl (C=O) groups excluding carboxylic acids is 1. The standard InChI is InChI=1S/C25H25N7O3S/c26-24-20-16-22(30-21(20)8-10-29-24)31-11-13-32(14-12-31)25(33)19-5-3-17(4-6-19)1-2-18-7-9-28-23(15-18)36(27,34)35/h3-10,15,22,30H,11-14,16H2,(H2,26,29)(H2,27,34,35). The Kier molecular flexibility index (Phi) is 6.32. The van der Waals surface area contributed by atoms with Gasteiger partial charge in [0.15, 0.2) is 5.03 Å². The predicted molar refractivity (Wildman–Crippen MR) is 135 cm³/mol. The number of anilines is 2. The van der Waals surface area contributed by atoms with Crippen molar-refractivity contribution < 1.29 is 13.2 Å². The molecule has 184 valence electrons. The van der Waals surface area contributed by atoms with Gasteiger partial charge in [0.1, 0.15) is 5.82 Å². The SMILES string of the molecule is Nc1nccc2c1CC(N1CCN(C(=O)c3ccc(C#Cc4ccnc(S(N)(=O)=O)c4)cc3)CC1)N2. The Bertz CT molecular complexity index is 1470. The van der Waals surface area contributed by atoms with Crippen molar-refractivity contribution in [1.29, 1.82) is 0 Å². The second-order valence-corrected chi connectivity index (χ2v) is 10.2. The minimum atomic E-state index is -3.89. The number of fused-ring (bicyclic) bond motifs is 1. The van der Waals surface area contributed by atoms with Crippen LogP contribution in [-0.4, -0.2) is 66.4 Å². The van der Waals surface area contributed by atoms with Crippen LogP contribution in [0.2, 0.25) is 0 Å². The van der Waals surface area contributed by atoms with E-state index >= 15 is 0 Å². The molecular weight excluding hydrogens is 478 g/mol. The Hall–Kier alpha value is -3.98. The Morgan fingerprint density at radius 2 is 1.67 bits per heavy atom. The van der Waals surface area contributed by atoms with Crippen LogP contribution in [0.4, 0.5) is 11.5 Å². The first kappa shape index (κ1) is 23.7.